The molecule has 0 aromatic rings. The Morgan fingerprint density at radius 2 is 1.52 bits per heavy atom. The fraction of sp³-hybridized carbons (Fsp3) is 0.429. The van der Waals surface area contributed by atoms with Gasteiger partial charge in [-0.05, 0) is 44.4 Å². The van der Waals surface area contributed by atoms with Crippen LogP contribution in [0.25, 0.3) is 0 Å². The molecule has 0 spiro atoms. The molecule has 0 saturated carbocycles. The Balaban J connectivity index is 3.86. The summed E-state index contributed by atoms with van der Waals surface area (Å²) in [5.41, 5.74) is 0. The Bertz CT molecular complexity index is 474. The van der Waals surface area contributed by atoms with Gasteiger partial charge in [0.05, 0.1) is 6.61 Å². The molecule has 0 radical (unpaired) electrons. The van der Waals surface area contributed by atoms with Gasteiger partial charge < -0.3 is 9.47 Å². The first-order valence-electron chi connectivity index (χ1n) is 8.63. The van der Waals surface area contributed by atoms with Crippen molar-refractivity contribution in [3.63, 3.8) is 0 Å². The summed E-state index contributed by atoms with van der Waals surface area (Å²) >= 11 is 0. The van der Waals surface area contributed by atoms with Crippen molar-refractivity contribution in [3.05, 3.63) is 62.3 Å². The van der Waals surface area contributed by atoms with E-state index in [1.165, 1.54) is 6.08 Å². The van der Waals surface area contributed by atoms with Crippen molar-refractivity contribution in [3.8, 4) is 0 Å². The van der Waals surface area contributed by atoms with E-state index in [-0.39, 0.29) is 5.97 Å². The summed E-state index contributed by atoms with van der Waals surface area (Å²) in [6, 6.07) is 0. The molecule has 0 rings (SSSR count). The number of ether oxygens (including phenoxy) is 2. The molecule has 0 bridgehead atoms. The van der Waals surface area contributed by atoms with Crippen molar-refractivity contribution in [1.29, 1.82) is 0 Å². The predicted molar refractivity (Wildman–Crippen MR) is 102 cm³/mol. The second-order valence-corrected chi connectivity index (χ2v) is 5.49. The predicted octanol–water partition coefficient (Wildman–Crippen LogP) is 4.70. The highest BCUT2D eigenvalue weighted by Crippen LogP contribution is 2.18. The van der Waals surface area contributed by atoms with Gasteiger partial charge in [0.1, 0.15) is 6.61 Å². The lowest BCUT2D eigenvalue weighted by Crippen LogP contribution is -2.01. The van der Waals surface area contributed by atoms with Crippen LogP contribution in [0.5, 0.6) is 0 Å². The smallest absolute Gasteiger partial charge is 0.330 e. The van der Waals surface area contributed by atoms with Gasteiger partial charge in [0.15, 0.2) is 0 Å². The van der Waals surface area contributed by atoms with Crippen LogP contribution in [0.1, 0.15) is 38.5 Å². The molecular formula is C21H30O4. The van der Waals surface area contributed by atoms with Crippen molar-refractivity contribution < 1.29 is 19.1 Å². The summed E-state index contributed by atoms with van der Waals surface area (Å²) in [4.78, 5) is 21.7. The van der Waals surface area contributed by atoms with Crippen LogP contribution >= 0.6 is 0 Å². The van der Waals surface area contributed by atoms with Crippen molar-refractivity contribution in [2.45, 2.75) is 38.5 Å². The third kappa shape index (κ3) is 14.9. The molecule has 0 heterocycles. The molecule has 4 heteroatoms. The quantitative estimate of drug-likeness (QED) is 0.187. The van der Waals surface area contributed by atoms with E-state index in [1.54, 1.807) is 0 Å². The summed E-state index contributed by atoms with van der Waals surface area (Å²) in [7, 11) is 0. The minimum atomic E-state index is -0.401. The van der Waals surface area contributed by atoms with Crippen LogP contribution in [0.4, 0.5) is 0 Å². The van der Waals surface area contributed by atoms with Crippen molar-refractivity contribution in [2.24, 2.45) is 5.92 Å². The minimum Gasteiger partial charge on any atom is -0.462 e. The number of esters is 2. The lowest BCUT2D eigenvalue weighted by atomic mass is 9.94. The molecule has 0 aromatic carbocycles. The molecule has 0 amide bonds. The van der Waals surface area contributed by atoms with Gasteiger partial charge in [0, 0.05) is 12.2 Å². The molecule has 1 unspecified atom stereocenters. The number of carbonyl (C=O) groups is 2. The van der Waals surface area contributed by atoms with Crippen LogP contribution in [-0.4, -0.2) is 25.2 Å². The number of rotatable bonds is 15. The summed E-state index contributed by atoms with van der Waals surface area (Å²) < 4.78 is 9.77. The number of allylic oxidation sites excluding steroid dienone is 3. The average molecular weight is 346 g/mol. The molecule has 0 aliphatic heterocycles. The Morgan fingerprint density at radius 3 is 2.20 bits per heavy atom. The standard InChI is InChI=1S/C21H30O4/c1-4-14-19(16-11-9-13-18-25-21(23)6-3)15-10-7-8-12-17-24-20(22)5-2/h4-6,8-9,11-12,19H,1-3,7,10,13-18H2/b11-9+,12-8+. The second kappa shape index (κ2) is 16.5. The highest BCUT2D eigenvalue weighted by molar-refractivity contribution is 5.81. The Kier molecular flexibility index (Phi) is 14.9. The minimum absolute atomic E-state index is 0.292. The lowest BCUT2D eigenvalue weighted by molar-refractivity contribution is -0.138. The topological polar surface area (TPSA) is 52.6 Å². The number of hydrogen-bond donors (Lipinski definition) is 0. The molecule has 4 nitrogen and oxygen atoms in total. The van der Waals surface area contributed by atoms with Crippen LogP contribution in [0.2, 0.25) is 0 Å². The average Bonchev–Trinajstić information content (AvgIpc) is 2.62. The molecule has 0 N–H and O–H groups in total. The van der Waals surface area contributed by atoms with Crippen LogP contribution in [-0.2, 0) is 19.1 Å². The second-order valence-electron chi connectivity index (χ2n) is 5.49. The number of hydrogen-bond acceptors (Lipinski definition) is 4. The molecular weight excluding hydrogens is 316 g/mol. The SMILES string of the molecule is C=CCC(C/C=C/CCOC(=O)C=C)CCC/C=C/COC(=O)C=C. The van der Waals surface area contributed by atoms with Gasteiger partial charge in [-0.15, -0.1) is 6.58 Å². The Morgan fingerprint density at radius 1 is 0.840 bits per heavy atom. The van der Waals surface area contributed by atoms with E-state index in [2.05, 4.69) is 25.8 Å². The Hall–Kier alpha value is -2.36. The molecule has 25 heavy (non-hydrogen) atoms. The first kappa shape index (κ1) is 22.6. The summed E-state index contributed by atoms with van der Waals surface area (Å²) in [6.45, 7) is 11.2. The van der Waals surface area contributed by atoms with Gasteiger partial charge in [-0.3, -0.25) is 0 Å². The molecule has 0 saturated heterocycles. The van der Waals surface area contributed by atoms with E-state index in [0.29, 0.717) is 25.6 Å². The van der Waals surface area contributed by atoms with Crippen molar-refractivity contribution in [2.75, 3.05) is 13.2 Å². The fourth-order valence-electron chi connectivity index (χ4n) is 2.16. The van der Waals surface area contributed by atoms with E-state index < -0.39 is 5.97 Å². The largest absolute Gasteiger partial charge is 0.462 e. The van der Waals surface area contributed by atoms with Gasteiger partial charge >= 0.3 is 11.9 Å². The fourth-order valence-corrected chi connectivity index (χ4v) is 2.16. The zero-order valence-corrected chi connectivity index (χ0v) is 15.0. The van der Waals surface area contributed by atoms with Crippen molar-refractivity contribution in [1.82, 2.24) is 0 Å². The van der Waals surface area contributed by atoms with Gasteiger partial charge in [-0.2, -0.15) is 0 Å². The van der Waals surface area contributed by atoms with E-state index in [9.17, 15) is 9.59 Å². The third-order valence-electron chi connectivity index (χ3n) is 3.47. The lowest BCUT2D eigenvalue weighted by Gasteiger charge is -2.11. The summed E-state index contributed by atoms with van der Waals surface area (Å²) in [6.07, 6.45) is 18.2. The van der Waals surface area contributed by atoms with Crippen LogP contribution in [0.15, 0.2) is 62.3 Å². The highest BCUT2D eigenvalue weighted by atomic mass is 16.5. The maximum absolute atomic E-state index is 10.9. The zero-order valence-electron chi connectivity index (χ0n) is 15.0. The van der Waals surface area contributed by atoms with Crippen LogP contribution in [0.3, 0.4) is 0 Å². The molecule has 0 fully saturated rings. The maximum Gasteiger partial charge on any atom is 0.330 e. The van der Waals surface area contributed by atoms with E-state index >= 15 is 0 Å². The molecule has 1 atom stereocenters. The third-order valence-corrected chi connectivity index (χ3v) is 3.47. The van der Waals surface area contributed by atoms with Crippen molar-refractivity contribution >= 4 is 11.9 Å². The highest BCUT2D eigenvalue weighted by Gasteiger charge is 2.04. The number of unbranched alkanes of at least 4 members (excludes halogenated alkanes) is 1. The first-order chi connectivity index (χ1) is 12.1. The van der Waals surface area contributed by atoms with Crippen LogP contribution < -0.4 is 0 Å². The zero-order chi connectivity index (χ0) is 18.8. The summed E-state index contributed by atoms with van der Waals surface area (Å²) in [5, 5.41) is 0. The van der Waals surface area contributed by atoms with Gasteiger partial charge in [0.25, 0.3) is 0 Å². The van der Waals surface area contributed by atoms with Gasteiger partial charge in [-0.25, -0.2) is 9.59 Å². The summed E-state index contributed by atoms with van der Waals surface area (Å²) in [5.74, 6) is -0.219. The monoisotopic (exact) mass is 346 g/mol. The molecule has 0 aromatic heterocycles. The molecule has 138 valence electrons. The molecule has 0 aliphatic carbocycles. The first-order valence-corrected chi connectivity index (χ1v) is 8.63. The van der Waals surface area contributed by atoms with E-state index in [4.69, 9.17) is 9.47 Å². The van der Waals surface area contributed by atoms with E-state index in [0.717, 1.165) is 38.2 Å². The normalized spacial score (nSPS) is 12.0. The van der Waals surface area contributed by atoms with Crippen LogP contribution in [0, 0.1) is 5.92 Å². The number of carbonyl (C=O) groups excluding carboxylic acids is 2. The molecule has 0 aliphatic rings. The van der Waals surface area contributed by atoms with Gasteiger partial charge in [0.2, 0.25) is 0 Å². The maximum atomic E-state index is 10.9. The Labute approximate surface area is 151 Å². The van der Waals surface area contributed by atoms with E-state index in [1.807, 2.05) is 24.3 Å². The van der Waals surface area contributed by atoms with Gasteiger partial charge in [-0.1, -0.05) is 43.5 Å².